The molecule has 1 fully saturated rings. The van der Waals surface area contributed by atoms with Crippen molar-refractivity contribution in [1.29, 1.82) is 0 Å². The minimum atomic E-state index is -0.0977. The largest absolute Gasteiger partial charge is 0.355 e. The molecule has 0 spiro atoms. The van der Waals surface area contributed by atoms with E-state index in [-0.39, 0.29) is 24.2 Å². The van der Waals surface area contributed by atoms with Gasteiger partial charge in [-0.05, 0) is 43.6 Å². The number of carbonyl (C=O) groups excluding carboxylic acids is 2. The van der Waals surface area contributed by atoms with Gasteiger partial charge in [0.05, 0.1) is 0 Å². The number of amides is 2. The van der Waals surface area contributed by atoms with Crippen molar-refractivity contribution >= 4 is 33.4 Å². The maximum absolute atomic E-state index is 11.9. The smallest absolute Gasteiger partial charge is 0.226 e. The normalized spacial score (nSPS) is 15.8. The number of hydrogen-bond donors (Lipinski definition) is 3. The zero-order chi connectivity index (χ0) is 16.1. The van der Waals surface area contributed by atoms with Crippen LogP contribution in [0.1, 0.15) is 18.9 Å². The van der Waals surface area contributed by atoms with Crippen molar-refractivity contribution in [2.24, 2.45) is 11.8 Å². The summed E-state index contributed by atoms with van der Waals surface area (Å²) in [5.74, 6) is 0.340. The Hall–Kier alpha value is -1.40. The van der Waals surface area contributed by atoms with Crippen LogP contribution in [0.2, 0.25) is 0 Å². The number of rotatable bonds is 6. The summed E-state index contributed by atoms with van der Waals surface area (Å²) in [5, 5.41) is 8.87. The summed E-state index contributed by atoms with van der Waals surface area (Å²) in [6.45, 7) is 6.04. The Morgan fingerprint density at radius 2 is 2.14 bits per heavy atom. The maximum Gasteiger partial charge on any atom is 0.226 e. The van der Waals surface area contributed by atoms with Gasteiger partial charge in [0.15, 0.2) is 0 Å². The van der Waals surface area contributed by atoms with Gasteiger partial charge >= 0.3 is 0 Å². The van der Waals surface area contributed by atoms with E-state index in [4.69, 9.17) is 0 Å². The van der Waals surface area contributed by atoms with Crippen LogP contribution in [-0.2, 0) is 9.59 Å². The molecule has 0 bridgehead atoms. The summed E-state index contributed by atoms with van der Waals surface area (Å²) in [5.41, 5.74) is 1.80. The van der Waals surface area contributed by atoms with Crippen molar-refractivity contribution in [3.8, 4) is 0 Å². The lowest BCUT2D eigenvalue weighted by Crippen LogP contribution is -2.49. The molecular weight excluding hydrogens is 346 g/mol. The molecule has 0 radical (unpaired) electrons. The van der Waals surface area contributed by atoms with Gasteiger partial charge in [0, 0.05) is 29.0 Å². The number of aryl methyl sites for hydroxylation is 1. The molecule has 3 N–H and O–H groups in total. The first kappa shape index (κ1) is 17.0. The standard InChI is InChI=1S/C16H22BrN3O2/c1-10-3-4-13(17)7-14(10)20-15(21)5-6-19-16(22)11(2)12-8-18-9-12/h3-4,7,11-12,18H,5-6,8-9H2,1-2H3,(H,19,22)(H,20,21). The molecular formula is C16H22BrN3O2. The molecule has 0 saturated carbocycles. The molecule has 22 heavy (non-hydrogen) atoms. The second-order valence-electron chi connectivity index (χ2n) is 5.76. The van der Waals surface area contributed by atoms with Crippen molar-refractivity contribution in [3.05, 3.63) is 28.2 Å². The fourth-order valence-electron chi connectivity index (χ4n) is 2.28. The third-order valence-electron chi connectivity index (χ3n) is 4.06. The third-order valence-corrected chi connectivity index (χ3v) is 4.55. The molecule has 1 aromatic carbocycles. The lowest BCUT2D eigenvalue weighted by molar-refractivity contribution is -0.126. The Balaban J connectivity index is 1.73. The topological polar surface area (TPSA) is 70.2 Å². The average Bonchev–Trinajstić information content (AvgIpc) is 2.40. The zero-order valence-electron chi connectivity index (χ0n) is 12.9. The first-order chi connectivity index (χ1) is 10.5. The van der Waals surface area contributed by atoms with Gasteiger partial charge in [-0.15, -0.1) is 0 Å². The van der Waals surface area contributed by atoms with E-state index >= 15 is 0 Å². The van der Waals surface area contributed by atoms with Gasteiger partial charge in [0.25, 0.3) is 0 Å². The Labute approximate surface area is 139 Å². The van der Waals surface area contributed by atoms with E-state index in [1.54, 1.807) is 0 Å². The van der Waals surface area contributed by atoms with Crippen LogP contribution >= 0.6 is 15.9 Å². The molecule has 0 aliphatic carbocycles. The Kier molecular flexibility index (Phi) is 5.97. The van der Waals surface area contributed by atoms with Crippen molar-refractivity contribution < 1.29 is 9.59 Å². The number of halogens is 1. The van der Waals surface area contributed by atoms with E-state index in [9.17, 15) is 9.59 Å². The average molecular weight is 368 g/mol. The zero-order valence-corrected chi connectivity index (χ0v) is 14.5. The van der Waals surface area contributed by atoms with Gasteiger partial charge in [-0.2, -0.15) is 0 Å². The third kappa shape index (κ3) is 4.55. The predicted molar refractivity (Wildman–Crippen MR) is 90.7 cm³/mol. The summed E-state index contributed by atoms with van der Waals surface area (Å²) in [7, 11) is 0. The van der Waals surface area contributed by atoms with Crippen LogP contribution in [0.4, 0.5) is 5.69 Å². The highest BCUT2D eigenvalue weighted by Crippen LogP contribution is 2.20. The summed E-state index contributed by atoms with van der Waals surface area (Å²) in [6.07, 6.45) is 0.271. The molecule has 5 nitrogen and oxygen atoms in total. The minimum absolute atomic E-state index is 0.00312. The molecule has 6 heteroatoms. The van der Waals surface area contributed by atoms with Gasteiger partial charge in [0.2, 0.25) is 11.8 Å². The Morgan fingerprint density at radius 1 is 1.41 bits per heavy atom. The summed E-state index contributed by atoms with van der Waals surface area (Å²) in [4.78, 5) is 23.9. The molecule has 2 amide bonds. The van der Waals surface area contributed by atoms with Crippen molar-refractivity contribution in [3.63, 3.8) is 0 Å². The summed E-state index contributed by atoms with van der Waals surface area (Å²) in [6, 6.07) is 5.75. The van der Waals surface area contributed by atoms with Crippen molar-refractivity contribution in [2.45, 2.75) is 20.3 Å². The number of nitrogens with one attached hydrogen (secondary N) is 3. The number of benzene rings is 1. The fourth-order valence-corrected chi connectivity index (χ4v) is 2.64. The van der Waals surface area contributed by atoms with Crippen LogP contribution in [0.25, 0.3) is 0 Å². The van der Waals surface area contributed by atoms with Crippen molar-refractivity contribution in [2.75, 3.05) is 25.0 Å². The minimum Gasteiger partial charge on any atom is -0.355 e. The first-order valence-corrected chi connectivity index (χ1v) is 8.31. The summed E-state index contributed by atoms with van der Waals surface area (Å²) >= 11 is 3.39. The molecule has 1 atom stereocenters. The molecule has 1 heterocycles. The van der Waals surface area contributed by atoms with Crippen molar-refractivity contribution in [1.82, 2.24) is 10.6 Å². The molecule has 120 valence electrons. The van der Waals surface area contributed by atoms with E-state index in [2.05, 4.69) is 31.9 Å². The van der Waals surface area contributed by atoms with Gasteiger partial charge in [-0.3, -0.25) is 9.59 Å². The molecule has 1 aliphatic heterocycles. The fraction of sp³-hybridized carbons (Fsp3) is 0.500. The predicted octanol–water partition coefficient (Wildman–Crippen LogP) is 2.06. The highest BCUT2D eigenvalue weighted by atomic mass is 79.9. The second-order valence-corrected chi connectivity index (χ2v) is 6.67. The highest BCUT2D eigenvalue weighted by Gasteiger charge is 2.28. The van der Waals surface area contributed by atoms with Gasteiger partial charge in [-0.25, -0.2) is 0 Å². The van der Waals surface area contributed by atoms with Crippen LogP contribution in [0.3, 0.4) is 0 Å². The molecule has 2 rings (SSSR count). The van der Waals surface area contributed by atoms with Gasteiger partial charge < -0.3 is 16.0 Å². The van der Waals surface area contributed by atoms with Gasteiger partial charge in [-0.1, -0.05) is 28.9 Å². The van der Waals surface area contributed by atoms with E-state index in [1.165, 1.54) is 0 Å². The lowest BCUT2D eigenvalue weighted by atomic mass is 9.88. The Morgan fingerprint density at radius 3 is 2.77 bits per heavy atom. The van der Waals surface area contributed by atoms with E-state index in [0.717, 1.165) is 28.8 Å². The lowest BCUT2D eigenvalue weighted by Gasteiger charge is -2.31. The van der Waals surface area contributed by atoms with Crippen LogP contribution in [-0.4, -0.2) is 31.4 Å². The van der Waals surface area contributed by atoms with Crippen LogP contribution in [0.5, 0.6) is 0 Å². The van der Waals surface area contributed by atoms with E-state index in [1.807, 2.05) is 32.0 Å². The number of carbonyl (C=O) groups is 2. The molecule has 0 aromatic heterocycles. The second kappa shape index (κ2) is 7.74. The molecule has 1 aromatic rings. The maximum atomic E-state index is 11.9. The first-order valence-electron chi connectivity index (χ1n) is 7.52. The van der Waals surface area contributed by atoms with Crippen LogP contribution in [0, 0.1) is 18.8 Å². The van der Waals surface area contributed by atoms with E-state index < -0.39 is 0 Å². The SMILES string of the molecule is Cc1ccc(Br)cc1NC(=O)CCNC(=O)C(C)C1CNC1. The molecule has 1 aliphatic rings. The van der Waals surface area contributed by atoms with E-state index in [0.29, 0.717) is 12.5 Å². The quantitative estimate of drug-likeness (QED) is 0.720. The van der Waals surface area contributed by atoms with Gasteiger partial charge in [0.1, 0.15) is 0 Å². The van der Waals surface area contributed by atoms with Crippen LogP contribution in [0.15, 0.2) is 22.7 Å². The number of hydrogen-bond acceptors (Lipinski definition) is 3. The molecule has 1 saturated heterocycles. The molecule has 1 unspecified atom stereocenters. The monoisotopic (exact) mass is 367 g/mol. The highest BCUT2D eigenvalue weighted by molar-refractivity contribution is 9.10. The number of anilines is 1. The van der Waals surface area contributed by atoms with Crippen LogP contribution < -0.4 is 16.0 Å². The Bertz CT molecular complexity index is 558. The summed E-state index contributed by atoms with van der Waals surface area (Å²) < 4.78 is 0.921.